The van der Waals surface area contributed by atoms with Gasteiger partial charge in [-0.15, -0.1) is 10.2 Å². The SMILES string of the molecule is Cn1nnc(Br)c1-c1cn(C2C3CC4C(C3)C42)nn1. The van der Waals surface area contributed by atoms with Crippen LogP contribution in [0.1, 0.15) is 18.9 Å². The fourth-order valence-corrected chi connectivity index (χ4v) is 5.09. The first kappa shape index (κ1) is 10.5. The van der Waals surface area contributed by atoms with Gasteiger partial charge in [0.15, 0.2) is 4.60 Å². The zero-order valence-corrected chi connectivity index (χ0v) is 12.0. The van der Waals surface area contributed by atoms with E-state index in [1.807, 2.05) is 7.05 Å². The predicted molar refractivity (Wildman–Crippen MR) is 70.0 cm³/mol. The molecule has 0 aliphatic heterocycles. The molecule has 4 aliphatic rings. The molecule has 0 aromatic carbocycles. The highest BCUT2D eigenvalue weighted by atomic mass is 79.9. The number of aryl methyl sites for hydroxylation is 1. The molecule has 4 saturated carbocycles. The summed E-state index contributed by atoms with van der Waals surface area (Å²) in [6.07, 6.45) is 4.88. The molecule has 0 N–H and O–H groups in total. The normalized spacial score (nSPS) is 38.1. The Morgan fingerprint density at radius 3 is 2.58 bits per heavy atom. The Kier molecular flexibility index (Phi) is 1.81. The van der Waals surface area contributed by atoms with Crippen molar-refractivity contribution in [2.45, 2.75) is 18.9 Å². The molecule has 98 valence electrons. The summed E-state index contributed by atoms with van der Waals surface area (Å²) in [6.45, 7) is 0. The van der Waals surface area contributed by atoms with Gasteiger partial charge in [-0.2, -0.15) is 0 Å². The van der Waals surface area contributed by atoms with E-state index < -0.39 is 0 Å². The van der Waals surface area contributed by atoms with Gasteiger partial charge in [-0.25, -0.2) is 9.36 Å². The van der Waals surface area contributed by atoms with Crippen LogP contribution < -0.4 is 0 Å². The highest BCUT2D eigenvalue weighted by Crippen LogP contribution is 2.74. The van der Waals surface area contributed by atoms with Gasteiger partial charge in [0.25, 0.3) is 0 Å². The Balaban J connectivity index is 1.54. The Hall–Kier alpha value is -1.24. The van der Waals surface area contributed by atoms with E-state index in [1.54, 1.807) is 4.68 Å². The minimum atomic E-state index is 0.594. The van der Waals surface area contributed by atoms with E-state index in [0.717, 1.165) is 39.7 Å². The molecule has 0 spiro atoms. The van der Waals surface area contributed by atoms with Crippen molar-refractivity contribution in [3.05, 3.63) is 10.8 Å². The highest BCUT2D eigenvalue weighted by Gasteiger charge is 2.69. The van der Waals surface area contributed by atoms with Gasteiger partial charge in [-0.1, -0.05) is 10.4 Å². The van der Waals surface area contributed by atoms with Crippen LogP contribution in [0.15, 0.2) is 10.8 Å². The first-order valence-electron chi connectivity index (χ1n) is 6.71. The van der Waals surface area contributed by atoms with E-state index in [2.05, 4.69) is 47.4 Å². The lowest BCUT2D eigenvalue weighted by molar-refractivity contribution is 0.361. The quantitative estimate of drug-likeness (QED) is 0.844. The first-order chi connectivity index (χ1) is 9.24. The number of rotatable bonds is 2. The molecule has 2 aromatic rings. The van der Waals surface area contributed by atoms with E-state index in [9.17, 15) is 0 Å². The maximum Gasteiger partial charge on any atom is 0.158 e. The van der Waals surface area contributed by atoms with Gasteiger partial charge in [0.2, 0.25) is 0 Å². The number of hydrogen-bond acceptors (Lipinski definition) is 4. The Morgan fingerprint density at radius 1 is 1.21 bits per heavy atom. The standard InChI is InChI=1S/C12H13BrN6/c1-18-11(12(13)15-16-18)8-4-19(17-14-8)10-5-2-6-7(3-5)9(6)10/h4-7,9-10H,2-3H2,1H3. The number of aromatic nitrogens is 6. The number of hydrogen-bond donors (Lipinski definition) is 0. The first-order valence-corrected chi connectivity index (χ1v) is 7.50. The van der Waals surface area contributed by atoms with Crippen LogP contribution in [0, 0.1) is 23.7 Å². The van der Waals surface area contributed by atoms with Gasteiger partial charge < -0.3 is 0 Å². The molecule has 0 saturated heterocycles. The fourth-order valence-electron chi connectivity index (χ4n) is 4.56. The van der Waals surface area contributed by atoms with Gasteiger partial charge >= 0.3 is 0 Å². The minimum absolute atomic E-state index is 0.594. The summed E-state index contributed by atoms with van der Waals surface area (Å²) in [5.74, 6) is 3.70. The van der Waals surface area contributed by atoms with Crippen LogP contribution in [0.25, 0.3) is 11.4 Å². The highest BCUT2D eigenvalue weighted by molar-refractivity contribution is 9.10. The maximum absolute atomic E-state index is 4.37. The number of halogens is 1. The Morgan fingerprint density at radius 2 is 2.00 bits per heavy atom. The summed E-state index contributed by atoms with van der Waals surface area (Å²) in [5.41, 5.74) is 1.74. The molecule has 4 aliphatic carbocycles. The van der Waals surface area contributed by atoms with E-state index in [4.69, 9.17) is 0 Å². The molecule has 0 amide bonds. The molecule has 4 bridgehead atoms. The van der Waals surface area contributed by atoms with Crippen LogP contribution >= 0.6 is 15.9 Å². The molecule has 6 rings (SSSR count). The lowest BCUT2D eigenvalue weighted by Gasteiger charge is -2.13. The van der Waals surface area contributed by atoms with Gasteiger partial charge in [0, 0.05) is 7.05 Å². The molecule has 0 radical (unpaired) electrons. The van der Waals surface area contributed by atoms with Crippen molar-refractivity contribution < 1.29 is 0 Å². The van der Waals surface area contributed by atoms with Crippen molar-refractivity contribution in [2.75, 3.05) is 0 Å². The van der Waals surface area contributed by atoms with Crippen LogP contribution in [0.4, 0.5) is 0 Å². The van der Waals surface area contributed by atoms with E-state index >= 15 is 0 Å². The predicted octanol–water partition coefficient (Wildman–Crippen LogP) is 1.66. The van der Waals surface area contributed by atoms with Crippen molar-refractivity contribution in [1.29, 1.82) is 0 Å². The molecule has 6 nitrogen and oxygen atoms in total. The number of nitrogens with zero attached hydrogens (tertiary/aromatic N) is 6. The fraction of sp³-hybridized carbons (Fsp3) is 0.667. The second-order valence-corrected chi connectivity index (χ2v) is 6.81. The summed E-state index contributed by atoms with van der Waals surface area (Å²) < 4.78 is 4.55. The average Bonchev–Trinajstić information content (AvgIpc) is 2.97. The zero-order chi connectivity index (χ0) is 12.7. The molecule has 19 heavy (non-hydrogen) atoms. The van der Waals surface area contributed by atoms with E-state index in [0.29, 0.717) is 6.04 Å². The molecule has 2 aromatic heterocycles. The van der Waals surface area contributed by atoms with Gasteiger partial charge in [0.05, 0.1) is 12.2 Å². The van der Waals surface area contributed by atoms with Crippen molar-refractivity contribution in [2.24, 2.45) is 30.7 Å². The Bertz CT molecular complexity index is 642. The van der Waals surface area contributed by atoms with Crippen LogP contribution in [0.3, 0.4) is 0 Å². The third-order valence-corrected chi connectivity index (χ3v) is 5.80. The summed E-state index contributed by atoms with van der Waals surface area (Å²) >= 11 is 3.42. The van der Waals surface area contributed by atoms with Crippen LogP contribution in [-0.4, -0.2) is 30.0 Å². The molecular weight excluding hydrogens is 308 g/mol. The van der Waals surface area contributed by atoms with Crippen LogP contribution in [0.2, 0.25) is 0 Å². The summed E-state index contributed by atoms with van der Waals surface area (Å²) in [7, 11) is 1.87. The molecule has 4 fully saturated rings. The van der Waals surface area contributed by atoms with Crippen LogP contribution in [0.5, 0.6) is 0 Å². The summed E-state index contributed by atoms with van der Waals surface area (Å²) in [6, 6.07) is 0.594. The smallest absolute Gasteiger partial charge is 0.158 e. The largest absolute Gasteiger partial charge is 0.248 e. The van der Waals surface area contributed by atoms with Gasteiger partial charge in [0.1, 0.15) is 11.4 Å². The van der Waals surface area contributed by atoms with Gasteiger partial charge in [-0.05, 0) is 52.4 Å². The average molecular weight is 321 g/mol. The lowest BCUT2D eigenvalue weighted by Crippen LogP contribution is -2.13. The molecule has 3 atom stereocenters. The van der Waals surface area contributed by atoms with Crippen molar-refractivity contribution >= 4 is 15.9 Å². The van der Waals surface area contributed by atoms with Crippen molar-refractivity contribution in [3.63, 3.8) is 0 Å². The molecule has 7 heteroatoms. The van der Waals surface area contributed by atoms with Crippen molar-refractivity contribution in [3.8, 4) is 11.4 Å². The monoisotopic (exact) mass is 320 g/mol. The molecule has 2 heterocycles. The minimum Gasteiger partial charge on any atom is -0.248 e. The summed E-state index contributed by atoms with van der Waals surface area (Å²) in [5, 5.41) is 16.7. The molecule has 3 unspecified atom stereocenters. The van der Waals surface area contributed by atoms with E-state index in [1.165, 1.54) is 12.8 Å². The van der Waals surface area contributed by atoms with Crippen molar-refractivity contribution in [1.82, 2.24) is 30.0 Å². The third kappa shape index (κ3) is 1.22. The van der Waals surface area contributed by atoms with Crippen LogP contribution in [-0.2, 0) is 7.05 Å². The maximum atomic E-state index is 4.37. The van der Waals surface area contributed by atoms with Gasteiger partial charge in [-0.3, -0.25) is 0 Å². The molecular formula is C12H13BrN6. The topological polar surface area (TPSA) is 61.4 Å². The Labute approximate surface area is 118 Å². The van der Waals surface area contributed by atoms with E-state index in [-0.39, 0.29) is 0 Å². The second-order valence-electron chi connectivity index (χ2n) is 6.06. The lowest BCUT2D eigenvalue weighted by atomic mass is 10.1. The third-order valence-electron chi connectivity index (χ3n) is 5.27. The second kappa shape index (κ2) is 3.26. The summed E-state index contributed by atoms with van der Waals surface area (Å²) in [4.78, 5) is 0. The zero-order valence-electron chi connectivity index (χ0n) is 10.4.